The maximum absolute atomic E-state index is 12.9. The lowest BCUT2D eigenvalue weighted by Crippen LogP contribution is -2.07. The number of nitrogens with one attached hydrogen (secondary N) is 2. The molecule has 0 radical (unpaired) electrons. The number of fused-ring (bicyclic) bond motifs is 2. The van der Waals surface area contributed by atoms with Crippen LogP contribution < -0.4 is 10.7 Å². The highest BCUT2D eigenvalue weighted by molar-refractivity contribution is 7.99. The van der Waals surface area contributed by atoms with E-state index in [-0.39, 0.29) is 5.69 Å². The van der Waals surface area contributed by atoms with Crippen LogP contribution in [0.2, 0.25) is 0 Å². The van der Waals surface area contributed by atoms with Crippen molar-refractivity contribution in [1.82, 2.24) is 0 Å². The number of rotatable bonds is 4. The van der Waals surface area contributed by atoms with Crippen LogP contribution in [0.3, 0.4) is 0 Å². The molecule has 3 aromatic carbocycles. The number of nitrogens with zero attached hydrogens (tertiary/aromatic N) is 2. The Bertz CT molecular complexity index is 1210. The molecule has 0 saturated carbocycles. The van der Waals surface area contributed by atoms with Gasteiger partial charge in [0.1, 0.15) is 5.69 Å². The van der Waals surface area contributed by atoms with E-state index in [0.717, 1.165) is 38.9 Å². The fraction of sp³-hybridized carbons (Fsp3) is 0.0952. The van der Waals surface area contributed by atoms with Gasteiger partial charge in [0.05, 0.1) is 27.6 Å². The molecule has 3 aromatic rings. The van der Waals surface area contributed by atoms with Crippen molar-refractivity contribution < 1.29 is 18.1 Å². The Labute approximate surface area is 179 Å². The number of hydrogen-bond donors (Lipinski definition) is 2. The number of hydrogen-bond acceptors (Lipinski definition) is 6. The normalized spacial score (nSPS) is 13.1. The van der Waals surface area contributed by atoms with Crippen LogP contribution in [0.5, 0.6) is 0 Å². The Morgan fingerprint density at radius 2 is 1.81 bits per heavy atom. The lowest BCUT2D eigenvalue weighted by atomic mass is 10.1. The number of para-hydroxylation sites is 1. The molecule has 1 heterocycles. The zero-order chi connectivity index (χ0) is 22.2. The molecule has 4 rings (SSSR count). The van der Waals surface area contributed by atoms with Crippen LogP contribution in [0.15, 0.2) is 75.6 Å². The number of nitro groups is 1. The fourth-order valence-corrected chi connectivity index (χ4v) is 3.99. The second-order valence-corrected chi connectivity index (χ2v) is 7.81. The maximum Gasteiger partial charge on any atom is 0.416 e. The van der Waals surface area contributed by atoms with Crippen molar-refractivity contribution in [3.05, 3.63) is 81.9 Å². The zero-order valence-electron chi connectivity index (χ0n) is 16.0. The van der Waals surface area contributed by atoms with E-state index in [9.17, 15) is 23.3 Å². The Hall–Kier alpha value is -3.53. The summed E-state index contributed by atoms with van der Waals surface area (Å²) in [5.41, 5.74) is 3.76. The smallest absolute Gasteiger partial charge is 0.354 e. The number of anilines is 3. The van der Waals surface area contributed by atoms with Crippen molar-refractivity contribution in [2.45, 2.75) is 22.9 Å². The van der Waals surface area contributed by atoms with Crippen molar-refractivity contribution >= 4 is 40.2 Å². The summed E-state index contributed by atoms with van der Waals surface area (Å²) in [6, 6.07) is 15.9. The highest BCUT2D eigenvalue weighted by Crippen LogP contribution is 2.44. The third-order valence-electron chi connectivity index (χ3n) is 4.64. The molecule has 10 heteroatoms. The predicted molar refractivity (Wildman–Crippen MR) is 114 cm³/mol. The lowest BCUT2D eigenvalue weighted by Gasteiger charge is -2.21. The molecule has 0 spiro atoms. The summed E-state index contributed by atoms with van der Waals surface area (Å²) in [6.45, 7) is 1.70. The third kappa shape index (κ3) is 4.33. The van der Waals surface area contributed by atoms with Crippen LogP contribution in [-0.4, -0.2) is 10.6 Å². The molecule has 0 bridgehead atoms. The minimum absolute atomic E-state index is 0.127. The van der Waals surface area contributed by atoms with Crippen molar-refractivity contribution in [2.24, 2.45) is 5.10 Å². The van der Waals surface area contributed by atoms with E-state index in [1.54, 1.807) is 18.7 Å². The van der Waals surface area contributed by atoms with Crippen LogP contribution >= 0.6 is 11.8 Å². The molecular formula is C21H15F3N4O2S. The van der Waals surface area contributed by atoms with E-state index in [1.165, 1.54) is 0 Å². The maximum atomic E-state index is 12.9. The number of halogens is 3. The van der Waals surface area contributed by atoms with E-state index < -0.39 is 22.4 Å². The highest BCUT2D eigenvalue weighted by Gasteiger charge is 2.33. The molecule has 0 atom stereocenters. The number of nitro benzene ring substituents is 1. The standard InChI is InChI=1S/C21H15F3N4O2S/c1-12(26-27-15-8-7-14(21(22,23)24)11-18(15)28(29)30)13-6-9-20-17(10-13)25-16-4-2-3-5-19(16)31-20/h2-11,25,27H,1H3/b26-12+. The fourth-order valence-electron chi connectivity index (χ4n) is 3.03. The van der Waals surface area contributed by atoms with Crippen LogP contribution in [0, 0.1) is 10.1 Å². The van der Waals surface area contributed by atoms with Crippen LogP contribution in [-0.2, 0) is 6.18 Å². The molecule has 6 nitrogen and oxygen atoms in total. The summed E-state index contributed by atoms with van der Waals surface area (Å²) >= 11 is 1.64. The van der Waals surface area contributed by atoms with Crippen LogP contribution in [0.1, 0.15) is 18.1 Å². The van der Waals surface area contributed by atoms with Crippen molar-refractivity contribution in [2.75, 3.05) is 10.7 Å². The summed E-state index contributed by atoms with van der Waals surface area (Å²) in [5.74, 6) is 0. The SMILES string of the molecule is C/C(=N\Nc1ccc(C(F)(F)F)cc1[N+](=O)[O-])c1ccc2c(c1)Nc1ccccc1S2. The van der Waals surface area contributed by atoms with Gasteiger partial charge < -0.3 is 5.32 Å². The van der Waals surface area contributed by atoms with Crippen molar-refractivity contribution in [3.63, 3.8) is 0 Å². The Kier molecular flexibility index (Phi) is 5.32. The van der Waals surface area contributed by atoms with Gasteiger partial charge in [-0.2, -0.15) is 18.3 Å². The molecule has 0 saturated heterocycles. The minimum atomic E-state index is -4.67. The van der Waals surface area contributed by atoms with E-state index >= 15 is 0 Å². The molecule has 1 aliphatic heterocycles. The number of hydrazone groups is 1. The molecular weight excluding hydrogens is 429 g/mol. The molecule has 31 heavy (non-hydrogen) atoms. The quantitative estimate of drug-likeness (QED) is 0.209. The van der Waals surface area contributed by atoms with E-state index in [2.05, 4.69) is 15.8 Å². The minimum Gasteiger partial charge on any atom is -0.354 e. The first-order valence-corrected chi connectivity index (χ1v) is 9.88. The lowest BCUT2D eigenvalue weighted by molar-refractivity contribution is -0.384. The summed E-state index contributed by atoms with van der Waals surface area (Å²) < 4.78 is 38.6. The van der Waals surface area contributed by atoms with Crippen LogP contribution in [0.4, 0.5) is 35.9 Å². The van der Waals surface area contributed by atoms with Gasteiger partial charge in [-0.05, 0) is 48.9 Å². The van der Waals surface area contributed by atoms with Gasteiger partial charge in [0.15, 0.2) is 0 Å². The average molecular weight is 444 g/mol. The van der Waals surface area contributed by atoms with Gasteiger partial charge >= 0.3 is 6.18 Å². The molecule has 1 aliphatic rings. The molecule has 0 aliphatic carbocycles. The van der Waals surface area contributed by atoms with Gasteiger partial charge in [0.2, 0.25) is 0 Å². The van der Waals surface area contributed by atoms with Gasteiger partial charge in [0, 0.05) is 15.9 Å². The van der Waals surface area contributed by atoms with E-state index in [0.29, 0.717) is 11.8 Å². The number of benzene rings is 3. The van der Waals surface area contributed by atoms with Gasteiger partial charge in [-0.25, -0.2) is 0 Å². The molecule has 0 fully saturated rings. The highest BCUT2D eigenvalue weighted by atomic mass is 32.2. The van der Waals surface area contributed by atoms with E-state index in [1.807, 2.05) is 42.5 Å². The summed E-state index contributed by atoms with van der Waals surface area (Å²) in [5, 5.41) is 18.7. The Morgan fingerprint density at radius 1 is 1.06 bits per heavy atom. The first-order valence-electron chi connectivity index (χ1n) is 9.06. The monoisotopic (exact) mass is 444 g/mol. The summed E-state index contributed by atoms with van der Waals surface area (Å²) in [7, 11) is 0. The molecule has 0 aromatic heterocycles. The van der Waals surface area contributed by atoms with Crippen LogP contribution in [0.25, 0.3) is 0 Å². The average Bonchev–Trinajstić information content (AvgIpc) is 2.74. The second kappa shape index (κ2) is 7.95. The van der Waals surface area contributed by atoms with Gasteiger partial charge in [-0.3, -0.25) is 15.5 Å². The Balaban J connectivity index is 1.58. The topological polar surface area (TPSA) is 79.6 Å². The van der Waals surface area contributed by atoms with Gasteiger partial charge in [-0.1, -0.05) is 30.0 Å². The van der Waals surface area contributed by atoms with Crippen molar-refractivity contribution in [1.29, 1.82) is 0 Å². The third-order valence-corrected chi connectivity index (χ3v) is 5.79. The first-order chi connectivity index (χ1) is 14.7. The summed E-state index contributed by atoms with van der Waals surface area (Å²) in [6.07, 6.45) is -4.67. The zero-order valence-corrected chi connectivity index (χ0v) is 16.8. The predicted octanol–water partition coefficient (Wildman–Crippen LogP) is 6.66. The number of alkyl halides is 3. The largest absolute Gasteiger partial charge is 0.416 e. The molecule has 2 N–H and O–H groups in total. The first kappa shape index (κ1) is 20.7. The molecule has 0 unspecified atom stereocenters. The van der Waals surface area contributed by atoms with Gasteiger partial charge in [-0.15, -0.1) is 0 Å². The van der Waals surface area contributed by atoms with Gasteiger partial charge in [0.25, 0.3) is 5.69 Å². The Morgan fingerprint density at radius 3 is 2.55 bits per heavy atom. The van der Waals surface area contributed by atoms with Crippen molar-refractivity contribution in [3.8, 4) is 0 Å². The molecule has 158 valence electrons. The summed E-state index contributed by atoms with van der Waals surface area (Å²) in [4.78, 5) is 12.5. The van der Waals surface area contributed by atoms with E-state index in [4.69, 9.17) is 0 Å². The molecule has 0 amide bonds. The second-order valence-electron chi connectivity index (χ2n) is 6.73.